The minimum absolute atomic E-state index is 0.0340. The molecule has 2 N–H and O–H groups in total. The van der Waals surface area contributed by atoms with Crippen molar-refractivity contribution in [1.29, 1.82) is 0 Å². The summed E-state index contributed by atoms with van der Waals surface area (Å²) < 4.78 is 10.4. The van der Waals surface area contributed by atoms with Crippen LogP contribution in [0.15, 0.2) is 47.6 Å². The zero-order valence-corrected chi connectivity index (χ0v) is 15.2. The third-order valence-electron chi connectivity index (χ3n) is 4.15. The molecule has 0 aliphatic heterocycles. The third kappa shape index (κ3) is 4.84. The molecule has 7 heteroatoms. The van der Waals surface area contributed by atoms with Crippen LogP contribution in [0.4, 0.5) is 5.69 Å². The Hall–Kier alpha value is -3.35. The van der Waals surface area contributed by atoms with Gasteiger partial charge in [0.15, 0.2) is 11.5 Å². The molecule has 1 aliphatic carbocycles. The second kappa shape index (κ2) is 8.35. The standard InChI is InChI=1S/C20H21N3O4/c1-26-17-10-3-13(11-18(17)27-2)12-21-23-20(25)15-6-8-16(9-7-15)22-19(24)14-4-5-14/h3,6-12,14H,4-5H2,1-2H3,(H,22,24)(H,23,25)/b21-12+. The highest BCUT2D eigenvalue weighted by molar-refractivity contribution is 5.97. The molecule has 1 saturated carbocycles. The Labute approximate surface area is 157 Å². The van der Waals surface area contributed by atoms with E-state index in [0.717, 1.165) is 18.4 Å². The van der Waals surface area contributed by atoms with E-state index in [4.69, 9.17) is 9.47 Å². The van der Waals surface area contributed by atoms with E-state index in [2.05, 4.69) is 15.8 Å². The Morgan fingerprint density at radius 3 is 2.37 bits per heavy atom. The summed E-state index contributed by atoms with van der Waals surface area (Å²) in [4.78, 5) is 23.9. The van der Waals surface area contributed by atoms with Gasteiger partial charge in [-0.15, -0.1) is 0 Å². The van der Waals surface area contributed by atoms with Crippen LogP contribution in [0.3, 0.4) is 0 Å². The number of carbonyl (C=O) groups excluding carboxylic acids is 2. The first-order valence-electron chi connectivity index (χ1n) is 8.57. The lowest BCUT2D eigenvalue weighted by Crippen LogP contribution is -2.18. The maximum absolute atomic E-state index is 12.2. The first kappa shape index (κ1) is 18.4. The average Bonchev–Trinajstić information content (AvgIpc) is 3.53. The zero-order chi connectivity index (χ0) is 19.2. The quantitative estimate of drug-likeness (QED) is 0.582. The number of ether oxygens (including phenoxy) is 2. The molecule has 7 nitrogen and oxygen atoms in total. The van der Waals surface area contributed by atoms with Crippen LogP contribution >= 0.6 is 0 Å². The van der Waals surface area contributed by atoms with Gasteiger partial charge in [-0.25, -0.2) is 5.43 Å². The number of nitrogens with one attached hydrogen (secondary N) is 2. The van der Waals surface area contributed by atoms with Crippen molar-refractivity contribution in [3.8, 4) is 11.5 Å². The smallest absolute Gasteiger partial charge is 0.271 e. The van der Waals surface area contributed by atoms with Gasteiger partial charge >= 0.3 is 0 Å². The first-order chi connectivity index (χ1) is 13.1. The lowest BCUT2D eigenvalue weighted by Gasteiger charge is -2.07. The fourth-order valence-electron chi connectivity index (χ4n) is 2.46. The highest BCUT2D eigenvalue weighted by atomic mass is 16.5. The van der Waals surface area contributed by atoms with E-state index in [1.54, 1.807) is 56.7 Å². The second-order valence-electron chi connectivity index (χ2n) is 6.15. The molecule has 0 bridgehead atoms. The van der Waals surface area contributed by atoms with Gasteiger partial charge in [-0.1, -0.05) is 0 Å². The Bertz CT molecular complexity index is 858. The van der Waals surface area contributed by atoms with E-state index < -0.39 is 0 Å². The first-order valence-corrected chi connectivity index (χ1v) is 8.57. The molecule has 1 fully saturated rings. The fourth-order valence-corrected chi connectivity index (χ4v) is 2.46. The Morgan fingerprint density at radius 2 is 1.74 bits per heavy atom. The predicted octanol–water partition coefficient (Wildman–Crippen LogP) is 2.82. The van der Waals surface area contributed by atoms with Crippen molar-refractivity contribution in [1.82, 2.24) is 5.43 Å². The number of hydrazone groups is 1. The van der Waals surface area contributed by atoms with Crippen LogP contribution in [0.5, 0.6) is 11.5 Å². The van der Waals surface area contributed by atoms with Gasteiger partial charge in [0.05, 0.1) is 20.4 Å². The third-order valence-corrected chi connectivity index (χ3v) is 4.15. The van der Waals surface area contributed by atoms with Crippen LogP contribution in [0.1, 0.15) is 28.8 Å². The lowest BCUT2D eigenvalue weighted by molar-refractivity contribution is -0.117. The monoisotopic (exact) mass is 367 g/mol. The number of amides is 2. The lowest BCUT2D eigenvalue weighted by atomic mass is 10.2. The molecule has 0 unspecified atom stereocenters. The van der Waals surface area contributed by atoms with Crippen LogP contribution < -0.4 is 20.2 Å². The minimum Gasteiger partial charge on any atom is -0.493 e. The van der Waals surface area contributed by atoms with Crippen molar-refractivity contribution in [2.45, 2.75) is 12.8 Å². The van der Waals surface area contributed by atoms with Gasteiger partial charge in [0.1, 0.15) is 0 Å². The van der Waals surface area contributed by atoms with E-state index in [0.29, 0.717) is 22.7 Å². The number of rotatable bonds is 7. The van der Waals surface area contributed by atoms with E-state index in [9.17, 15) is 9.59 Å². The maximum Gasteiger partial charge on any atom is 0.271 e. The SMILES string of the molecule is COc1ccc(/C=N/NC(=O)c2ccc(NC(=O)C3CC3)cc2)cc1OC. The van der Waals surface area contributed by atoms with Crippen LogP contribution in [0, 0.1) is 5.92 Å². The molecule has 27 heavy (non-hydrogen) atoms. The Kier molecular flexibility index (Phi) is 5.71. The molecule has 0 spiro atoms. The van der Waals surface area contributed by atoms with Crippen molar-refractivity contribution in [3.63, 3.8) is 0 Å². The van der Waals surface area contributed by atoms with Crippen molar-refractivity contribution < 1.29 is 19.1 Å². The summed E-state index contributed by atoms with van der Waals surface area (Å²) >= 11 is 0. The molecule has 2 aromatic carbocycles. The second-order valence-corrected chi connectivity index (χ2v) is 6.15. The predicted molar refractivity (Wildman–Crippen MR) is 102 cm³/mol. The molecule has 0 saturated heterocycles. The average molecular weight is 367 g/mol. The molecule has 0 aromatic heterocycles. The van der Waals surface area contributed by atoms with Gasteiger partial charge in [-0.3, -0.25) is 9.59 Å². The van der Waals surface area contributed by atoms with E-state index in [1.165, 1.54) is 6.21 Å². The summed E-state index contributed by atoms with van der Waals surface area (Å²) in [5, 5.41) is 6.79. The number of anilines is 1. The molecule has 3 rings (SSSR count). The molecule has 0 atom stereocenters. The fraction of sp³-hybridized carbons (Fsp3) is 0.250. The molecule has 1 aliphatic rings. The topological polar surface area (TPSA) is 89.0 Å². The highest BCUT2D eigenvalue weighted by Crippen LogP contribution is 2.30. The molecule has 140 valence electrons. The Morgan fingerprint density at radius 1 is 1.04 bits per heavy atom. The number of benzene rings is 2. The molecule has 0 radical (unpaired) electrons. The molecule has 0 heterocycles. The number of hydrogen-bond acceptors (Lipinski definition) is 5. The number of nitrogens with zero attached hydrogens (tertiary/aromatic N) is 1. The molecule has 2 amide bonds. The van der Waals surface area contributed by atoms with Crippen molar-refractivity contribution in [3.05, 3.63) is 53.6 Å². The number of carbonyl (C=O) groups is 2. The van der Waals surface area contributed by atoms with E-state index in [1.807, 2.05) is 0 Å². The van der Waals surface area contributed by atoms with Gasteiger partial charge in [-0.05, 0) is 60.9 Å². The molecule has 2 aromatic rings. The largest absolute Gasteiger partial charge is 0.493 e. The summed E-state index contributed by atoms with van der Waals surface area (Å²) in [6.45, 7) is 0. The van der Waals surface area contributed by atoms with E-state index >= 15 is 0 Å². The highest BCUT2D eigenvalue weighted by Gasteiger charge is 2.29. The number of methoxy groups -OCH3 is 2. The molecular weight excluding hydrogens is 346 g/mol. The van der Waals surface area contributed by atoms with Gasteiger partial charge in [0, 0.05) is 17.2 Å². The zero-order valence-electron chi connectivity index (χ0n) is 15.2. The molecular formula is C20H21N3O4. The summed E-state index contributed by atoms with van der Waals surface area (Å²) in [6, 6.07) is 12.0. The van der Waals surface area contributed by atoms with Crippen LogP contribution in [-0.2, 0) is 4.79 Å². The number of hydrogen-bond donors (Lipinski definition) is 2. The van der Waals surface area contributed by atoms with Gasteiger partial charge in [-0.2, -0.15) is 5.10 Å². The minimum atomic E-state index is -0.341. The van der Waals surface area contributed by atoms with Crippen LogP contribution in [-0.4, -0.2) is 32.2 Å². The van der Waals surface area contributed by atoms with Gasteiger partial charge in [0.25, 0.3) is 5.91 Å². The van der Waals surface area contributed by atoms with E-state index in [-0.39, 0.29) is 17.7 Å². The maximum atomic E-state index is 12.2. The van der Waals surface area contributed by atoms with Gasteiger partial charge < -0.3 is 14.8 Å². The summed E-state index contributed by atoms with van der Waals surface area (Å²) in [6.07, 6.45) is 3.42. The van der Waals surface area contributed by atoms with Crippen LogP contribution in [0.25, 0.3) is 0 Å². The van der Waals surface area contributed by atoms with Crippen LogP contribution in [0.2, 0.25) is 0 Å². The summed E-state index contributed by atoms with van der Waals surface area (Å²) in [5.41, 5.74) is 4.35. The summed E-state index contributed by atoms with van der Waals surface area (Å²) in [5.74, 6) is 1.03. The van der Waals surface area contributed by atoms with Gasteiger partial charge in [0.2, 0.25) is 5.91 Å². The normalized spacial score (nSPS) is 13.3. The van der Waals surface area contributed by atoms with Crippen molar-refractivity contribution in [2.24, 2.45) is 11.0 Å². The van der Waals surface area contributed by atoms with Crippen molar-refractivity contribution in [2.75, 3.05) is 19.5 Å². The Balaban J connectivity index is 1.56. The van der Waals surface area contributed by atoms with Crippen molar-refractivity contribution >= 4 is 23.7 Å². The summed E-state index contributed by atoms with van der Waals surface area (Å²) in [7, 11) is 3.12.